The molecule has 0 unspecified atom stereocenters. The van der Waals surface area contributed by atoms with Gasteiger partial charge < -0.3 is 4.74 Å². The Morgan fingerprint density at radius 3 is 2.73 bits per heavy atom. The lowest BCUT2D eigenvalue weighted by Crippen LogP contribution is -2.01. The molecule has 0 N–H and O–H groups in total. The molecule has 0 spiro atoms. The summed E-state index contributed by atoms with van der Waals surface area (Å²) in [5, 5.41) is 8.85. The van der Waals surface area contributed by atoms with E-state index in [4.69, 9.17) is 10.00 Å². The van der Waals surface area contributed by atoms with E-state index < -0.39 is 0 Å². The first-order valence-electron chi connectivity index (χ1n) is 4.48. The fourth-order valence-corrected chi connectivity index (χ4v) is 2.00. The first-order chi connectivity index (χ1) is 7.11. The topological polar surface area (TPSA) is 50.1 Å². The van der Waals surface area contributed by atoms with Crippen LogP contribution in [0.25, 0.3) is 0 Å². The Kier molecular flexibility index (Phi) is 3.87. The number of rotatable bonds is 3. The Morgan fingerprint density at radius 2 is 2.27 bits per heavy atom. The maximum Gasteiger partial charge on any atom is 0.162 e. The van der Waals surface area contributed by atoms with Crippen molar-refractivity contribution in [1.29, 1.82) is 5.26 Å². The summed E-state index contributed by atoms with van der Waals surface area (Å²) < 4.78 is 5.87. The van der Waals surface area contributed by atoms with E-state index >= 15 is 0 Å². The molecule has 1 rings (SSSR count). The van der Waals surface area contributed by atoms with Gasteiger partial charge in [0.2, 0.25) is 0 Å². The second-order valence-electron chi connectivity index (χ2n) is 2.90. The van der Waals surface area contributed by atoms with Crippen LogP contribution in [0, 0.1) is 11.3 Å². The molecule has 15 heavy (non-hydrogen) atoms. The van der Waals surface area contributed by atoms with Gasteiger partial charge in [-0.1, -0.05) is 0 Å². The molecule has 1 aromatic rings. The number of Topliss-reactive ketones (excluding diaryl/α,β-unsaturated/α-hetero) is 1. The summed E-state index contributed by atoms with van der Waals surface area (Å²) in [5.41, 5.74) is 0.737. The second-order valence-corrected chi connectivity index (χ2v) is 3.69. The van der Waals surface area contributed by atoms with Crippen LogP contribution in [0.3, 0.4) is 0 Å². The molecule has 0 saturated carbocycles. The Bertz CT molecular complexity index is 435. The molecule has 4 heteroatoms. The smallest absolute Gasteiger partial charge is 0.162 e. The van der Waals surface area contributed by atoms with E-state index in [1.54, 1.807) is 12.1 Å². The van der Waals surface area contributed by atoms with Crippen LogP contribution in [0.15, 0.2) is 16.6 Å². The third-order valence-corrected chi connectivity index (χ3v) is 2.67. The molecule has 0 aliphatic heterocycles. The molecule has 0 radical (unpaired) electrons. The zero-order valence-electron chi connectivity index (χ0n) is 8.50. The Morgan fingerprint density at radius 1 is 1.60 bits per heavy atom. The molecule has 0 aromatic heterocycles. The maximum absolute atomic E-state index is 11.4. The van der Waals surface area contributed by atoms with E-state index in [-0.39, 0.29) is 5.78 Å². The average Bonchev–Trinajstić information content (AvgIpc) is 2.20. The molecule has 0 aliphatic rings. The molecule has 0 bridgehead atoms. The largest absolute Gasteiger partial charge is 0.493 e. The normalized spacial score (nSPS) is 9.47. The van der Waals surface area contributed by atoms with Crippen LogP contribution in [-0.4, -0.2) is 12.4 Å². The number of nitriles is 1. The van der Waals surface area contributed by atoms with Crippen molar-refractivity contribution in [3.63, 3.8) is 0 Å². The number of hydrogen-bond donors (Lipinski definition) is 0. The van der Waals surface area contributed by atoms with E-state index in [1.807, 2.05) is 13.0 Å². The van der Waals surface area contributed by atoms with Gasteiger partial charge in [-0.2, -0.15) is 5.26 Å². The summed E-state index contributed by atoms with van der Waals surface area (Å²) in [7, 11) is 0. The average molecular weight is 268 g/mol. The number of carbonyl (C=O) groups excluding carboxylic acids is 1. The van der Waals surface area contributed by atoms with Crippen molar-refractivity contribution in [2.75, 3.05) is 6.61 Å². The molecule has 0 atom stereocenters. The molecule has 78 valence electrons. The van der Waals surface area contributed by atoms with Crippen LogP contribution >= 0.6 is 15.9 Å². The molecule has 3 nitrogen and oxygen atoms in total. The van der Waals surface area contributed by atoms with Gasteiger partial charge in [0.1, 0.15) is 5.75 Å². The summed E-state index contributed by atoms with van der Waals surface area (Å²) in [5.74, 6) is 0.432. The zero-order chi connectivity index (χ0) is 11.4. The minimum absolute atomic E-state index is 0.153. The van der Waals surface area contributed by atoms with Crippen molar-refractivity contribution in [3.8, 4) is 11.8 Å². The van der Waals surface area contributed by atoms with Crippen molar-refractivity contribution in [2.24, 2.45) is 0 Å². The van der Waals surface area contributed by atoms with Gasteiger partial charge in [0.05, 0.1) is 28.3 Å². The van der Waals surface area contributed by atoms with Crippen LogP contribution in [-0.2, 0) is 0 Å². The van der Waals surface area contributed by atoms with Crippen LogP contribution in [0.4, 0.5) is 0 Å². The number of ketones is 1. The van der Waals surface area contributed by atoms with Crippen LogP contribution in [0.1, 0.15) is 29.8 Å². The van der Waals surface area contributed by atoms with Crippen molar-refractivity contribution in [2.45, 2.75) is 13.8 Å². The molecule has 0 heterocycles. The second kappa shape index (κ2) is 4.94. The molecule has 0 aliphatic carbocycles. The molecular formula is C11H10BrNO2. The van der Waals surface area contributed by atoms with Crippen molar-refractivity contribution in [1.82, 2.24) is 0 Å². The van der Waals surface area contributed by atoms with Crippen LogP contribution < -0.4 is 4.74 Å². The SMILES string of the molecule is CCOc1ccc(C#N)c(C(C)=O)c1Br. The maximum atomic E-state index is 11.4. The fourth-order valence-electron chi connectivity index (χ4n) is 1.26. The Labute approximate surface area is 96.8 Å². The predicted molar refractivity (Wildman–Crippen MR) is 60.0 cm³/mol. The molecule has 0 saturated heterocycles. The summed E-state index contributed by atoms with van der Waals surface area (Å²) in [6.45, 7) is 3.80. The number of ether oxygens (including phenoxy) is 1. The quantitative estimate of drug-likeness (QED) is 0.792. The summed E-state index contributed by atoms with van der Waals surface area (Å²) in [6.07, 6.45) is 0. The molecule has 1 aromatic carbocycles. The Balaban J connectivity index is 3.37. The minimum Gasteiger partial charge on any atom is -0.493 e. The van der Waals surface area contributed by atoms with Crippen molar-refractivity contribution in [3.05, 3.63) is 27.7 Å². The third kappa shape index (κ3) is 2.37. The summed E-state index contributed by atoms with van der Waals surface area (Å²) >= 11 is 3.28. The molecule has 0 fully saturated rings. The summed E-state index contributed by atoms with van der Waals surface area (Å²) in [4.78, 5) is 11.4. The van der Waals surface area contributed by atoms with Gasteiger partial charge in [-0.15, -0.1) is 0 Å². The van der Waals surface area contributed by atoms with Crippen molar-refractivity contribution >= 4 is 21.7 Å². The van der Waals surface area contributed by atoms with E-state index in [9.17, 15) is 4.79 Å². The highest BCUT2D eigenvalue weighted by Gasteiger charge is 2.15. The highest BCUT2D eigenvalue weighted by molar-refractivity contribution is 9.10. The van der Waals surface area contributed by atoms with Gasteiger partial charge in [-0.05, 0) is 41.9 Å². The molecular weight excluding hydrogens is 258 g/mol. The highest BCUT2D eigenvalue weighted by Crippen LogP contribution is 2.31. The van der Waals surface area contributed by atoms with Gasteiger partial charge in [0.15, 0.2) is 5.78 Å². The number of halogens is 1. The Hall–Kier alpha value is -1.34. The standard InChI is InChI=1S/C11H10BrNO2/c1-3-15-9-5-4-8(6-13)10(7(2)14)11(9)12/h4-5H,3H2,1-2H3. The van der Waals surface area contributed by atoms with Crippen LogP contribution in [0.2, 0.25) is 0 Å². The fraction of sp³-hybridized carbons (Fsp3) is 0.273. The first-order valence-corrected chi connectivity index (χ1v) is 5.27. The van der Waals surface area contributed by atoms with E-state index in [0.29, 0.717) is 28.0 Å². The zero-order valence-corrected chi connectivity index (χ0v) is 10.1. The van der Waals surface area contributed by atoms with Gasteiger partial charge in [0.25, 0.3) is 0 Å². The van der Waals surface area contributed by atoms with Crippen molar-refractivity contribution < 1.29 is 9.53 Å². The number of hydrogen-bond acceptors (Lipinski definition) is 3. The van der Waals surface area contributed by atoms with Gasteiger partial charge in [-0.25, -0.2) is 0 Å². The lowest BCUT2D eigenvalue weighted by Gasteiger charge is -2.09. The van der Waals surface area contributed by atoms with E-state index in [0.717, 1.165) is 0 Å². The first kappa shape index (κ1) is 11.7. The predicted octanol–water partition coefficient (Wildman–Crippen LogP) is 2.92. The third-order valence-electron chi connectivity index (χ3n) is 1.88. The molecule has 0 amide bonds. The van der Waals surface area contributed by atoms with Crippen LogP contribution in [0.5, 0.6) is 5.75 Å². The lowest BCUT2D eigenvalue weighted by atomic mass is 10.1. The summed E-state index contributed by atoms with van der Waals surface area (Å²) in [6, 6.07) is 5.25. The van der Waals surface area contributed by atoms with Gasteiger partial charge in [-0.3, -0.25) is 4.79 Å². The highest BCUT2D eigenvalue weighted by atomic mass is 79.9. The van der Waals surface area contributed by atoms with E-state index in [1.165, 1.54) is 6.92 Å². The monoisotopic (exact) mass is 267 g/mol. The lowest BCUT2D eigenvalue weighted by molar-refractivity contribution is 0.101. The number of benzene rings is 1. The van der Waals surface area contributed by atoms with Gasteiger partial charge in [0, 0.05) is 0 Å². The minimum atomic E-state index is -0.153. The van der Waals surface area contributed by atoms with E-state index in [2.05, 4.69) is 15.9 Å². The van der Waals surface area contributed by atoms with Gasteiger partial charge >= 0.3 is 0 Å². The number of nitrogens with zero attached hydrogens (tertiary/aromatic N) is 1. The number of carbonyl (C=O) groups is 1.